The second kappa shape index (κ2) is 6.49. The lowest BCUT2D eigenvalue weighted by atomic mass is 10.1. The summed E-state index contributed by atoms with van der Waals surface area (Å²) in [5, 5.41) is 4.13. The number of aromatic nitrogens is 2. The molecule has 6 nitrogen and oxygen atoms in total. The van der Waals surface area contributed by atoms with E-state index in [-0.39, 0.29) is 5.43 Å². The van der Waals surface area contributed by atoms with E-state index < -0.39 is 0 Å². The van der Waals surface area contributed by atoms with Crippen LogP contribution in [0.15, 0.2) is 64.1 Å². The van der Waals surface area contributed by atoms with Crippen molar-refractivity contribution in [1.82, 2.24) is 14.7 Å². The molecule has 6 heteroatoms. The van der Waals surface area contributed by atoms with Crippen LogP contribution in [0.1, 0.15) is 13.8 Å². The molecule has 0 saturated carbocycles. The van der Waals surface area contributed by atoms with Crippen molar-refractivity contribution in [3.8, 4) is 11.5 Å². The van der Waals surface area contributed by atoms with Gasteiger partial charge in [0.05, 0.1) is 5.39 Å². The highest BCUT2D eigenvalue weighted by molar-refractivity contribution is 5.82. The van der Waals surface area contributed by atoms with Crippen molar-refractivity contribution in [1.29, 1.82) is 0 Å². The molecule has 1 aliphatic heterocycles. The van der Waals surface area contributed by atoms with Crippen molar-refractivity contribution in [2.75, 3.05) is 18.0 Å². The Morgan fingerprint density at radius 2 is 1.93 bits per heavy atom. The SMILES string of the molecule is CC1CN(c2ccc3oc(-c4cn5ccccc5n4)cc(=O)c3c2)CC(C)N1. The molecule has 0 bridgehead atoms. The van der Waals surface area contributed by atoms with Gasteiger partial charge in [0.25, 0.3) is 0 Å². The molecule has 28 heavy (non-hydrogen) atoms. The molecule has 3 aromatic heterocycles. The van der Waals surface area contributed by atoms with Crippen LogP contribution >= 0.6 is 0 Å². The Labute approximate surface area is 162 Å². The van der Waals surface area contributed by atoms with Crippen molar-refractivity contribution in [2.45, 2.75) is 25.9 Å². The summed E-state index contributed by atoms with van der Waals surface area (Å²) >= 11 is 0. The molecule has 2 atom stereocenters. The fourth-order valence-corrected chi connectivity index (χ4v) is 4.06. The lowest BCUT2D eigenvalue weighted by Gasteiger charge is -2.37. The van der Waals surface area contributed by atoms with Gasteiger partial charge in [0.2, 0.25) is 0 Å². The van der Waals surface area contributed by atoms with Gasteiger partial charge >= 0.3 is 0 Å². The molecule has 4 heterocycles. The first-order valence-corrected chi connectivity index (χ1v) is 9.60. The summed E-state index contributed by atoms with van der Waals surface area (Å²) in [6, 6.07) is 14.0. The third-order valence-corrected chi connectivity index (χ3v) is 5.25. The topological polar surface area (TPSA) is 62.8 Å². The molecular formula is C22H22N4O2. The molecule has 1 aliphatic rings. The van der Waals surface area contributed by atoms with Gasteiger partial charge in [-0.3, -0.25) is 4.79 Å². The number of benzene rings is 1. The number of hydrogen-bond donors (Lipinski definition) is 1. The molecule has 0 amide bonds. The van der Waals surface area contributed by atoms with Crippen molar-refractivity contribution in [3.63, 3.8) is 0 Å². The summed E-state index contributed by atoms with van der Waals surface area (Å²) in [5.74, 6) is 0.485. The minimum atomic E-state index is -0.0496. The smallest absolute Gasteiger partial charge is 0.193 e. The lowest BCUT2D eigenvalue weighted by Crippen LogP contribution is -2.54. The number of hydrogen-bond acceptors (Lipinski definition) is 5. The van der Waals surface area contributed by atoms with Crippen LogP contribution in [0, 0.1) is 0 Å². The number of pyridine rings is 1. The highest BCUT2D eigenvalue weighted by Crippen LogP contribution is 2.26. The average molecular weight is 374 g/mol. The van der Waals surface area contributed by atoms with Crippen LogP contribution in [0.5, 0.6) is 0 Å². The van der Waals surface area contributed by atoms with Gasteiger partial charge in [-0.1, -0.05) is 6.07 Å². The van der Waals surface area contributed by atoms with Crippen LogP contribution in [0.3, 0.4) is 0 Å². The molecule has 0 aliphatic carbocycles. The van der Waals surface area contributed by atoms with E-state index in [1.54, 1.807) is 0 Å². The van der Waals surface area contributed by atoms with Crippen molar-refractivity contribution in [3.05, 3.63) is 65.1 Å². The average Bonchev–Trinajstić information content (AvgIpc) is 3.11. The lowest BCUT2D eigenvalue weighted by molar-refractivity contribution is 0.407. The summed E-state index contributed by atoms with van der Waals surface area (Å²) in [7, 11) is 0. The quantitative estimate of drug-likeness (QED) is 0.583. The fourth-order valence-electron chi connectivity index (χ4n) is 4.06. The largest absolute Gasteiger partial charge is 0.454 e. The standard InChI is InChI=1S/C22H22N4O2/c1-14-11-26(12-15(2)23-14)16-6-7-20-17(9-16)19(27)10-21(28-20)18-13-25-8-4-3-5-22(25)24-18/h3-10,13-15,23H,11-12H2,1-2H3. The molecule has 5 rings (SSSR count). The van der Waals surface area contributed by atoms with Gasteiger partial charge in [-0.25, -0.2) is 4.98 Å². The summed E-state index contributed by atoms with van der Waals surface area (Å²) < 4.78 is 7.95. The molecule has 2 unspecified atom stereocenters. The molecule has 1 N–H and O–H groups in total. The Kier molecular flexibility index (Phi) is 3.94. The van der Waals surface area contributed by atoms with E-state index in [2.05, 4.69) is 29.0 Å². The third-order valence-electron chi connectivity index (χ3n) is 5.25. The zero-order chi connectivity index (χ0) is 19.3. The zero-order valence-electron chi connectivity index (χ0n) is 15.9. The van der Waals surface area contributed by atoms with E-state index in [1.807, 2.05) is 53.2 Å². The van der Waals surface area contributed by atoms with Crippen LogP contribution in [0.4, 0.5) is 5.69 Å². The van der Waals surface area contributed by atoms with Crippen LogP contribution in [0.25, 0.3) is 28.1 Å². The van der Waals surface area contributed by atoms with E-state index in [9.17, 15) is 4.79 Å². The Morgan fingerprint density at radius 3 is 2.71 bits per heavy atom. The minimum absolute atomic E-state index is 0.0496. The maximum atomic E-state index is 12.8. The third kappa shape index (κ3) is 2.96. The highest BCUT2D eigenvalue weighted by atomic mass is 16.3. The van der Waals surface area contributed by atoms with Crippen molar-refractivity contribution in [2.24, 2.45) is 0 Å². The van der Waals surface area contributed by atoms with E-state index in [0.717, 1.165) is 24.4 Å². The molecule has 4 aromatic rings. The summed E-state index contributed by atoms with van der Waals surface area (Å²) in [5.41, 5.74) is 3.06. The number of anilines is 1. The summed E-state index contributed by atoms with van der Waals surface area (Å²) in [4.78, 5) is 19.7. The summed E-state index contributed by atoms with van der Waals surface area (Å²) in [6.45, 7) is 6.19. The maximum Gasteiger partial charge on any atom is 0.193 e. The number of imidazole rings is 1. The Bertz CT molecular complexity index is 1180. The highest BCUT2D eigenvalue weighted by Gasteiger charge is 2.21. The predicted octanol–water partition coefficient (Wildman–Crippen LogP) is 3.29. The van der Waals surface area contributed by atoms with Crippen LogP contribution in [0.2, 0.25) is 0 Å². The first-order valence-electron chi connectivity index (χ1n) is 9.60. The number of fused-ring (bicyclic) bond motifs is 2. The van der Waals surface area contributed by atoms with E-state index in [1.165, 1.54) is 6.07 Å². The number of nitrogens with one attached hydrogen (secondary N) is 1. The van der Waals surface area contributed by atoms with Crippen molar-refractivity contribution < 1.29 is 4.42 Å². The number of nitrogens with zero attached hydrogens (tertiary/aromatic N) is 3. The molecule has 0 spiro atoms. The second-order valence-corrected chi connectivity index (χ2v) is 7.62. The predicted molar refractivity (Wildman–Crippen MR) is 111 cm³/mol. The normalized spacial score (nSPS) is 20.1. The number of piperazine rings is 1. The van der Waals surface area contributed by atoms with Gasteiger partial charge in [-0.15, -0.1) is 0 Å². The molecule has 142 valence electrons. The van der Waals surface area contributed by atoms with E-state index in [4.69, 9.17) is 4.42 Å². The van der Waals surface area contributed by atoms with E-state index >= 15 is 0 Å². The molecule has 0 radical (unpaired) electrons. The van der Waals surface area contributed by atoms with Gasteiger partial charge in [-0.05, 0) is 44.2 Å². The van der Waals surface area contributed by atoms with Gasteiger partial charge in [0.1, 0.15) is 16.9 Å². The number of rotatable bonds is 2. The molecule has 1 saturated heterocycles. The van der Waals surface area contributed by atoms with Gasteiger partial charge in [0, 0.05) is 49.3 Å². The molecule has 1 fully saturated rings. The zero-order valence-corrected chi connectivity index (χ0v) is 15.9. The van der Waals surface area contributed by atoms with Crippen molar-refractivity contribution >= 4 is 22.3 Å². The first kappa shape index (κ1) is 17.0. The Hall–Kier alpha value is -3.12. The molecular weight excluding hydrogens is 352 g/mol. The van der Waals surface area contributed by atoms with Crippen LogP contribution in [-0.2, 0) is 0 Å². The minimum Gasteiger partial charge on any atom is -0.454 e. The maximum absolute atomic E-state index is 12.8. The monoisotopic (exact) mass is 374 g/mol. The van der Waals surface area contributed by atoms with Gasteiger partial charge in [-0.2, -0.15) is 0 Å². The van der Waals surface area contributed by atoms with E-state index in [0.29, 0.717) is 34.5 Å². The van der Waals surface area contributed by atoms with Crippen LogP contribution in [-0.4, -0.2) is 34.6 Å². The van der Waals surface area contributed by atoms with Crippen LogP contribution < -0.4 is 15.6 Å². The molecule has 1 aromatic carbocycles. The Morgan fingerprint density at radius 1 is 1.11 bits per heavy atom. The second-order valence-electron chi connectivity index (χ2n) is 7.62. The first-order chi connectivity index (χ1) is 13.6. The Balaban J connectivity index is 1.56. The summed E-state index contributed by atoms with van der Waals surface area (Å²) in [6.07, 6.45) is 3.80. The van der Waals surface area contributed by atoms with Gasteiger partial charge < -0.3 is 19.0 Å². The van der Waals surface area contributed by atoms with Gasteiger partial charge in [0.15, 0.2) is 11.2 Å². The fraction of sp³-hybridized carbons (Fsp3) is 0.273.